The van der Waals surface area contributed by atoms with Crippen molar-refractivity contribution in [3.05, 3.63) is 74.6 Å². The number of nitrogens with one attached hydrogen (secondary N) is 2. The SMILES string of the molecule is NC(c1ccncc1)c1ccc2[nH]c(=O)c(=O)[nH]c2c1. The number of fused-ring (bicyclic) bond motifs is 1. The van der Waals surface area contributed by atoms with E-state index in [-0.39, 0.29) is 6.04 Å². The molecule has 6 nitrogen and oxygen atoms in total. The number of rotatable bonds is 2. The first kappa shape index (κ1) is 12.3. The maximum absolute atomic E-state index is 11.3. The third-order valence-corrected chi connectivity index (χ3v) is 3.17. The van der Waals surface area contributed by atoms with Gasteiger partial charge in [-0.3, -0.25) is 14.6 Å². The number of aromatic amines is 2. The Morgan fingerprint density at radius 3 is 2.25 bits per heavy atom. The topological polar surface area (TPSA) is 105 Å². The van der Waals surface area contributed by atoms with Crippen molar-refractivity contribution in [3.63, 3.8) is 0 Å². The highest BCUT2D eigenvalue weighted by molar-refractivity contribution is 5.74. The second kappa shape index (κ2) is 4.75. The van der Waals surface area contributed by atoms with Crippen molar-refractivity contribution >= 4 is 11.0 Å². The van der Waals surface area contributed by atoms with Gasteiger partial charge >= 0.3 is 11.1 Å². The van der Waals surface area contributed by atoms with Gasteiger partial charge in [-0.05, 0) is 35.4 Å². The molecule has 0 radical (unpaired) electrons. The van der Waals surface area contributed by atoms with Crippen LogP contribution in [-0.2, 0) is 0 Å². The summed E-state index contributed by atoms with van der Waals surface area (Å²) in [7, 11) is 0. The third-order valence-electron chi connectivity index (χ3n) is 3.17. The summed E-state index contributed by atoms with van der Waals surface area (Å²) >= 11 is 0. The van der Waals surface area contributed by atoms with Crippen LogP contribution in [0.2, 0.25) is 0 Å². The lowest BCUT2D eigenvalue weighted by atomic mass is 10.0. The van der Waals surface area contributed by atoms with Crippen LogP contribution >= 0.6 is 0 Å². The second-order valence-electron chi connectivity index (χ2n) is 4.47. The molecule has 1 unspecified atom stereocenters. The maximum Gasteiger partial charge on any atom is 0.314 e. The van der Waals surface area contributed by atoms with E-state index >= 15 is 0 Å². The zero-order valence-corrected chi connectivity index (χ0v) is 10.5. The Hall–Kier alpha value is -2.73. The third kappa shape index (κ3) is 2.12. The number of aromatic nitrogens is 3. The predicted molar refractivity (Wildman–Crippen MR) is 75.5 cm³/mol. The minimum Gasteiger partial charge on any atom is -0.320 e. The quantitative estimate of drug-likeness (QED) is 0.594. The molecular formula is C14H12N4O2. The lowest BCUT2D eigenvalue weighted by Gasteiger charge is -2.12. The van der Waals surface area contributed by atoms with Crippen LogP contribution in [0.4, 0.5) is 0 Å². The molecule has 0 fully saturated rings. The molecule has 3 rings (SSSR count). The Morgan fingerprint density at radius 1 is 0.900 bits per heavy atom. The largest absolute Gasteiger partial charge is 0.320 e. The monoisotopic (exact) mass is 268 g/mol. The highest BCUT2D eigenvalue weighted by Crippen LogP contribution is 2.20. The number of nitrogens with two attached hydrogens (primary N) is 1. The summed E-state index contributed by atoms with van der Waals surface area (Å²) in [6.45, 7) is 0. The van der Waals surface area contributed by atoms with Crippen molar-refractivity contribution in [3.8, 4) is 0 Å². The van der Waals surface area contributed by atoms with E-state index in [1.54, 1.807) is 24.5 Å². The molecule has 0 aliphatic carbocycles. The molecule has 0 saturated carbocycles. The summed E-state index contributed by atoms with van der Waals surface area (Å²) in [5, 5.41) is 0. The van der Waals surface area contributed by atoms with Gasteiger partial charge in [0, 0.05) is 12.4 Å². The Labute approximate surface area is 113 Å². The van der Waals surface area contributed by atoms with Crippen LogP contribution < -0.4 is 16.9 Å². The molecule has 2 heterocycles. The van der Waals surface area contributed by atoms with E-state index in [1.165, 1.54) is 0 Å². The minimum atomic E-state index is -0.674. The number of nitrogens with zero attached hydrogens (tertiary/aromatic N) is 1. The highest BCUT2D eigenvalue weighted by atomic mass is 16.2. The van der Waals surface area contributed by atoms with Crippen LogP contribution in [0, 0.1) is 0 Å². The summed E-state index contributed by atoms with van der Waals surface area (Å²) < 4.78 is 0. The van der Waals surface area contributed by atoms with E-state index in [0.29, 0.717) is 11.0 Å². The van der Waals surface area contributed by atoms with Gasteiger partial charge < -0.3 is 15.7 Å². The molecule has 6 heteroatoms. The van der Waals surface area contributed by atoms with Crippen LogP contribution in [0.5, 0.6) is 0 Å². The van der Waals surface area contributed by atoms with E-state index in [1.807, 2.05) is 18.2 Å². The van der Waals surface area contributed by atoms with Gasteiger partial charge in [0.05, 0.1) is 17.1 Å². The summed E-state index contributed by atoms with van der Waals surface area (Å²) in [5.41, 5.74) is 7.73. The van der Waals surface area contributed by atoms with E-state index in [4.69, 9.17) is 5.73 Å². The standard InChI is InChI=1S/C14H12N4O2/c15-12(8-3-5-16-6-4-8)9-1-2-10-11(7-9)18-14(20)13(19)17-10/h1-7,12H,15H2,(H,17,19)(H,18,20). The van der Waals surface area contributed by atoms with Crippen molar-refractivity contribution < 1.29 is 0 Å². The Bertz CT molecular complexity index is 867. The van der Waals surface area contributed by atoms with Gasteiger partial charge in [-0.2, -0.15) is 0 Å². The van der Waals surface area contributed by atoms with Gasteiger partial charge in [0.1, 0.15) is 0 Å². The Morgan fingerprint density at radius 2 is 1.55 bits per heavy atom. The van der Waals surface area contributed by atoms with Crippen LogP contribution in [0.15, 0.2) is 52.3 Å². The van der Waals surface area contributed by atoms with E-state index < -0.39 is 11.1 Å². The molecule has 100 valence electrons. The fourth-order valence-corrected chi connectivity index (χ4v) is 2.09. The molecule has 0 aliphatic heterocycles. The van der Waals surface area contributed by atoms with Crippen LogP contribution in [0.3, 0.4) is 0 Å². The molecule has 0 amide bonds. The molecule has 4 N–H and O–H groups in total. The molecular weight excluding hydrogens is 256 g/mol. The first-order valence-electron chi connectivity index (χ1n) is 6.07. The minimum absolute atomic E-state index is 0.321. The zero-order valence-electron chi connectivity index (χ0n) is 10.5. The first-order valence-corrected chi connectivity index (χ1v) is 6.07. The number of pyridine rings is 1. The fourth-order valence-electron chi connectivity index (χ4n) is 2.09. The molecule has 20 heavy (non-hydrogen) atoms. The molecule has 3 aromatic rings. The Balaban J connectivity index is 2.11. The van der Waals surface area contributed by atoms with Gasteiger partial charge in [-0.1, -0.05) is 6.07 Å². The Kier molecular flexibility index (Phi) is 2.92. The average Bonchev–Trinajstić information content (AvgIpc) is 2.48. The number of H-pyrrole nitrogens is 2. The molecule has 1 aromatic carbocycles. The number of benzene rings is 1. The normalized spacial score (nSPS) is 12.4. The predicted octanol–water partition coefficient (Wildman–Crippen LogP) is 0.659. The van der Waals surface area contributed by atoms with Crippen molar-refractivity contribution in [1.29, 1.82) is 0 Å². The molecule has 2 aromatic heterocycles. The maximum atomic E-state index is 11.3. The van der Waals surface area contributed by atoms with Gasteiger partial charge in [0.15, 0.2) is 0 Å². The molecule has 0 saturated heterocycles. The lowest BCUT2D eigenvalue weighted by Crippen LogP contribution is -2.29. The average molecular weight is 268 g/mol. The first-order chi connectivity index (χ1) is 9.65. The van der Waals surface area contributed by atoms with E-state index in [9.17, 15) is 9.59 Å². The number of hydrogen-bond donors (Lipinski definition) is 3. The van der Waals surface area contributed by atoms with Gasteiger partial charge in [-0.25, -0.2) is 0 Å². The van der Waals surface area contributed by atoms with Crippen LogP contribution in [-0.4, -0.2) is 15.0 Å². The second-order valence-corrected chi connectivity index (χ2v) is 4.47. The highest BCUT2D eigenvalue weighted by Gasteiger charge is 2.10. The molecule has 0 aliphatic rings. The molecule has 0 spiro atoms. The van der Waals surface area contributed by atoms with Gasteiger partial charge in [0.2, 0.25) is 0 Å². The van der Waals surface area contributed by atoms with E-state index in [0.717, 1.165) is 11.1 Å². The van der Waals surface area contributed by atoms with E-state index in [2.05, 4.69) is 15.0 Å². The van der Waals surface area contributed by atoms with Crippen molar-refractivity contribution in [2.24, 2.45) is 5.73 Å². The fraction of sp³-hybridized carbons (Fsp3) is 0.0714. The summed E-state index contributed by atoms with van der Waals surface area (Å²) in [4.78, 5) is 31.6. The summed E-state index contributed by atoms with van der Waals surface area (Å²) in [6.07, 6.45) is 3.35. The van der Waals surface area contributed by atoms with Gasteiger partial charge in [-0.15, -0.1) is 0 Å². The van der Waals surface area contributed by atoms with Crippen LogP contribution in [0.25, 0.3) is 11.0 Å². The molecule has 0 bridgehead atoms. The van der Waals surface area contributed by atoms with Gasteiger partial charge in [0.25, 0.3) is 0 Å². The summed E-state index contributed by atoms with van der Waals surface area (Å²) in [6, 6.07) is 8.66. The van der Waals surface area contributed by atoms with Crippen molar-refractivity contribution in [2.45, 2.75) is 6.04 Å². The number of hydrogen-bond acceptors (Lipinski definition) is 4. The zero-order chi connectivity index (χ0) is 14.1. The smallest absolute Gasteiger partial charge is 0.314 e. The summed E-state index contributed by atoms with van der Waals surface area (Å²) in [5.74, 6) is 0. The van der Waals surface area contributed by atoms with Crippen molar-refractivity contribution in [1.82, 2.24) is 15.0 Å². The van der Waals surface area contributed by atoms with Crippen LogP contribution in [0.1, 0.15) is 17.2 Å². The molecule has 1 atom stereocenters. The lowest BCUT2D eigenvalue weighted by molar-refractivity contribution is 0.868. The van der Waals surface area contributed by atoms with Crippen molar-refractivity contribution in [2.75, 3.05) is 0 Å².